The molecule has 1 N–H and O–H groups in total. The van der Waals surface area contributed by atoms with Crippen molar-refractivity contribution in [3.05, 3.63) is 110 Å². The second-order valence-corrected chi connectivity index (χ2v) is 17.3. The van der Waals surface area contributed by atoms with Crippen LogP contribution in [0.3, 0.4) is 0 Å². The molecule has 0 aliphatic rings. The zero-order chi connectivity index (χ0) is 35.9. The Balaban J connectivity index is 0.000000194. The minimum atomic E-state index is -3.22. The van der Waals surface area contributed by atoms with Crippen LogP contribution in [0.2, 0.25) is 15.2 Å². The number of esters is 2. The smallest absolute Gasteiger partial charge is 0.345 e. The number of nitrogens with one attached hydrogen (secondary N) is 1. The minimum Gasteiger partial charge on any atom is -0.462 e. The van der Waals surface area contributed by atoms with E-state index in [1.165, 1.54) is 21.4 Å². The summed E-state index contributed by atoms with van der Waals surface area (Å²) < 4.78 is 21.9. The Kier molecular flexibility index (Phi) is 13.1. The fourth-order valence-corrected chi connectivity index (χ4v) is 4.91. The van der Waals surface area contributed by atoms with Gasteiger partial charge in [0.05, 0.1) is 19.4 Å². The van der Waals surface area contributed by atoms with Crippen LogP contribution in [0.5, 0.6) is 0 Å². The molecule has 0 radical (unpaired) electrons. The molecule has 0 aliphatic carbocycles. The molecule has 2 aromatic carbocycles. The van der Waals surface area contributed by atoms with Gasteiger partial charge in [0.2, 0.25) is 0 Å². The van der Waals surface area contributed by atoms with E-state index in [-0.39, 0.29) is 29.5 Å². The molecule has 49 heavy (non-hydrogen) atoms. The largest absolute Gasteiger partial charge is 0.462 e. The van der Waals surface area contributed by atoms with Gasteiger partial charge in [-0.3, -0.25) is 14.5 Å². The fraction of sp³-hybridized carbons (Fsp3) is 0.133. The average molecular weight is 807 g/mol. The number of H-pyrrole nitrogens is 1. The fourth-order valence-electron chi connectivity index (χ4n) is 4.28. The first-order valence-corrected chi connectivity index (χ1v) is 19.5. The van der Waals surface area contributed by atoms with Crippen molar-refractivity contribution in [1.82, 2.24) is 29.2 Å². The molecular formula is C30H23Cl6N6O6P. The van der Waals surface area contributed by atoms with Gasteiger partial charge in [0.1, 0.15) is 16.3 Å². The lowest BCUT2D eigenvalue weighted by Crippen LogP contribution is -2.24. The molecule has 19 heteroatoms. The molecule has 0 spiro atoms. The number of carbonyl (C=O) groups is 2. The van der Waals surface area contributed by atoms with Crippen molar-refractivity contribution in [2.24, 2.45) is 0 Å². The summed E-state index contributed by atoms with van der Waals surface area (Å²) in [5, 5.41) is 5.15. The van der Waals surface area contributed by atoms with Crippen LogP contribution in [0.4, 0.5) is 0 Å². The summed E-state index contributed by atoms with van der Waals surface area (Å²) >= 11 is 32.1. The van der Waals surface area contributed by atoms with E-state index in [2.05, 4.69) is 53.9 Å². The van der Waals surface area contributed by atoms with Crippen LogP contribution >= 0.6 is 73.7 Å². The van der Waals surface area contributed by atoms with E-state index in [1.54, 1.807) is 44.4 Å². The second kappa shape index (κ2) is 16.9. The predicted molar refractivity (Wildman–Crippen MR) is 192 cm³/mol. The van der Waals surface area contributed by atoms with Gasteiger partial charge < -0.3 is 9.47 Å². The lowest BCUT2D eigenvalue weighted by Gasteiger charge is -2.05. The molecule has 0 atom stereocenters. The van der Waals surface area contributed by atoms with Crippen LogP contribution in [-0.4, -0.2) is 54.3 Å². The van der Waals surface area contributed by atoms with Gasteiger partial charge in [-0.15, -0.1) is 0 Å². The Bertz CT molecular complexity index is 2240. The molecular weight excluding hydrogens is 784 g/mol. The molecule has 6 aromatic rings. The van der Waals surface area contributed by atoms with E-state index >= 15 is 0 Å². The molecule has 0 bridgehead atoms. The van der Waals surface area contributed by atoms with E-state index in [0.717, 1.165) is 22.3 Å². The number of aromatic nitrogens is 6. The molecule has 0 saturated carbocycles. The van der Waals surface area contributed by atoms with Crippen molar-refractivity contribution in [1.29, 1.82) is 0 Å². The Morgan fingerprint density at radius 2 is 1.31 bits per heavy atom. The number of carbonyl (C=O) groups excluding carboxylic acids is 2. The van der Waals surface area contributed by atoms with Gasteiger partial charge in [-0.1, -0.05) is 59.1 Å². The first-order valence-electron chi connectivity index (χ1n) is 13.9. The number of ether oxygens (including phenoxy) is 2. The van der Waals surface area contributed by atoms with Crippen LogP contribution < -0.4 is 5.56 Å². The maximum atomic E-state index is 12.3. The normalized spacial score (nSPS) is 10.9. The van der Waals surface area contributed by atoms with Crippen LogP contribution in [-0.2, 0) is 14.0 Å². The van der Waals surface area contributed by atoms with E-state index < -0.39 is 22.7 Å². The highest BCUT2D eigenvalue weighted by atomic mass is 36.0. The average Bonchev–Trinajstić information content (AvgIpc) is 3.67. The van der Waals surface area contributed by atoms with Crippen molar-refractivity contribution in [2.45, 2.75) is 13.8 Å². The Labute approximate surface area is 307 Å². The van der Waals surface area contributed by atoms with Crippen molar-refractivity contribution in [2.75, 3.05) is 13.2 Å². The molecule has 0 unspecified atom stereocenters. The summed E-state index contributed by atoms with van der Waals surface area (Å²) in [4.78, 5) is 44.4. The summed E-state index contributed by atoms with van der Waals surface area (Å²) in [5.74, 6) is -1.21. The van der Waals surface area contributed by atoms with Crippen molar-refractivity contribution >= 4 is 97.0 Å². The van der Waals surface area contributed by atoms with Crippen molar-refractivity contribution < 1.29 is 23.6 Å². The predicted octanol–water partition coefficient (Wildman–Crippen LogP) is 9.21. The summed E-state index contributed by atoms with van der Waals surface area (Å²) in [6, 6.07) is 14.6. The van der Waals surface area contributed by atoms with E-state index in [4.69, 9.17) is 44.3 Å². The van der Waals surface area contributed by atoms with E-state index in [0.29, 0.717) is 21.3 Å². The van der Waals surface area contributed by atoms with Gasteiger partial charge in [-0.2, -0.15) is 5.10 Å². The molecule has 0 fully saturated rings. The van der Waals surface area contributed by atoms with Crippen molar-refractivity contribution in [3.8, 4) is 22.3 Å². The van der Waals surface area contributed by atoms with Gasteiger partial charge >= 0.3 is 17.1 Å². The molecule has 256 valence electrons. The van der Waals surface area contributed by atoms with Gasteiger partial charge in [0, 0.05) is 39.8 Å². The number of rotatable bonds is 6. The number of hydrogen-bond donors (Lipinski definition) is 1. The third-order valence-electron chi connectivity index (χ3n) is 6.27. The lowest BCUT2D eigenvalue weighted by atomic mass is 10.1. The summed E-state index contributed by atoms with van der Waals surface area (Å²) in [5.41, 5.74) is 3.71. The van der Waals surface area contributed by atoms with Crippen molar-refractivity contribution in [3.63, 3.8) is 0 Å². The Morgan fingerprint density at radius 3 is 1.86 bits per heavy atom. The number of nitrogens with zero attached hydrogens (tertiary/aromatic N) is 5. The number of hydrogen-bond acceptors (Lipinski definition) is 9. The molecule has 4 aromatic heterocycles. The van der Waals surface area contributed by atoms with Gasteiger partial charge in [-0.25, -0.2) is 28.6 Å². The topological polar surface area (TPSA) is 150 Å². The molecule has 6 rings (SSSR count). The number of benzene rings is 2. The van der Waals surface area contributed by atoms with Gasteiger partial charge in [-0.05, 0) is 83.0 Å². The van der Waals surface area contributed by atoms with Crippen LogP contribution in [0.1, 0.15) is 34.6 Å². The number of fused-ring (bicyclic) bond motifs is 2. The molecule has 0 amide bonds. The quantitative estimate of drug-likeness (QED) is 0.0987. The first kappa shape index (κ1) is 38.2. The van der Waals surface area contributed by atoms with E-state index in [1.807, 2.05) is 30.3 Å². The van der Waals surface area contributed by atoms with Crippen LogP contribution in [0.25, 0.3) is 33.5 Å². The molecule has 0 aliphatic heterocycles. The maximum absolute atomic E-state index is 12.3. The van der Waals surface area contributed by atoms with Crippen LogP contribution in [0, 0.1) is 0 Å². The first-order chi connectivity index (χ1) is 23.2. The third kappa shape index (κ3) is 9.76. The maximum Gasteiger partial charge on any atom is 0.345 e. The summed E-state index contributed by atoms with van der Waals surface area (Å²) in [7, 11) is 0. The monoisotopic (exact) mass is 804 g/mol. The Hall–Kier alpha value is -3.61. The lowest BCUT2D eigenvalue weighted by molar-refractivity contribution is 0.0514. The highest BCUT2D eigenvalue weighted by Gasteiger charge is 2.19. The second-order valence-electron chi connectivity index (χ2n) is 9.44. The summed E-state index contributed by atoms with van der Waals surface area (Å²) in [6.07, 6.45) is 5.90. The molecule has 12 nitrogen and oxygen atoms in total. The van der Waals surface area contributed by atoms with Crippen LogP contribution in [0.15, 0.2) is 78.1 Å². The van der Waals surface area contributed by atoms with Gasteiger partial charge in [0.15, 0.2) is 11.3 Å². The molecule has 4 heterocycles. The highest BCUT2D eigenvalue weighted by molar-refractivity contribution is 8.24. The zero-order valence-corrected chi connectivity index (χ0v) is 30.7. The molecule has 0 saturated heterocycles. The third-order valence-corrected chi connectivity index (χ3v) is 7.10. The SMILES string of the molecule is CCOC(=O)c1cnc2c(-c3cccc(Cl)c3)c[nH]n2c1=O.CCOC(=O)c1cnc2c(-c3cccc(Cl)c3)cnn2c1Cl.O=P(Cl)(Cl)Cl. The summed E-state index contributed by atoms with van der Waals surface area (Å²) in [6.45, 7) is 3.86. The highest BCUT2D eigenvalue weighted by Crippen LogP contribution is 2.61. The Morgan fingerprint density at radius 1 is 0.796 bits per heavy atom. The van der Waals surface area contributed by atoms with Gasteiger partial charge in [0.25, 0.3) is 5.56 Å². The minimum absolute atomic E-state index is 0.112. The standard InChI is InChI=1S/C15H11Cl2N3O2.C15H12ClN3O3.Cl3OP/c1-2-22-15(21)12-7-18-14-11(8-19-20(14)13(12)17)9-4-3-5-10(16)6-9;1-2-22-15(21)12-7-17-13-11(8-18-19(13)14(12)20)9-4-3-5-10(16)6-9;1-5(2,3)4/h3-8H,2H2,1H3;3-8,18H,2H2,1H3;. The number of halogens is 6. The number of aromatic amines is 1. The van der Waals surface area contributed by atoms with E-state index in [9.17, 15) is 18.9 Å². The zero-order valence-electron chi connectivity index (χ0n) is 25.2.